The molecular weight excluding hydrogens is 371 g/mol. The Balaban J connectivity index is 1.43. The van der Waals surface area contributed by atoms with Gasteiger partial charge in [0.15, 0.2) is 5.69 Å². The molecule has 0 unspecified atom stereocenters. The summed E-state index contributed by atoms with van der Waals surface area (Å²) in [5.41, 5.74) is 3.26. The zero-order chi connectivity index (χ0) is 20.2. The van der Waals surface area contributed by atoms with E-state index in [1.54, 1.807) is 23.1 Å². The van der Waals surface area contributed by atoms with Gasteiger partial charge in [-0.3, -0.25) is 14.7 Å². The fraction of sp³-hybridized carbons (Fsp3) is 0.227. The number of aromatic nitrogens is 2. The van der Waals surface area contributed by atoms with Gasteiger partial charge in [0, 0.05) is 37.3 Å². The van der Waals surface area contributed by atoms with Crippen LogP contribution in [0, 0.1) is 5.82 Å². The Morgan fingerprint density at radius 1 is 1.10 bits per heavy atom. The lowest BCUT2D eigenvalue weighted by Crippen LogP contribution is -2.37. The van der Waals surface area contributed by atoms with Crippen molar-refractivity contribution in [3.63, 3.8) is 0 Å². The molecule has 4 rings (SSSR count). The van der Waals surface area contributed by atoms with Crippen LogP contribution in [0.25, 0.3) is 0 Å². The normalized spacial score (nSPS) is 13.1. The van der Waals surface area contributed by atoms with E-state index in [0.717, 1.165) is 16.8 Å². The van der Waals surface area contributed by atoms with Crippen molar-refractivity contribution in [3.8, 4) is 0 Å². The zero-order valence-corrected chi connectivity index (χ0v) is 15.8. The van der Waals surface area contributed by atoms with Gasteiger partial charge in [0.2, 0.25) is 5.91 Å². The average molecular weight is 392 g/mol. The van der Waals surface area contributed by atoms with Crippen LogP contribution in [0.1, 0.15) is 32.9 Å². The van der Waals surface area contributed by atoms with E-state index in [4.69, 9.17) is 0 Å². The lowest BCUT2D eigenvalue weighted by molar-refractivity contribution is -0.131. The van der Waals surface area contributed by atoms with Crippen molar-refractivity contribution >= 4 is 11.8 Å². The first-order chi connectivity index (χ1) is 14.1. The minimum atomic E-state index is -0.386. The molecule has 2 heterocycles. The first-order valence-corrected chi connectivity index (χ1v) is 9.51. The third kappa shape index (κ3) is 4.18. The predicted molar refractivity (Wildman–Crippen MR) is 105 cm³/mol. The maximum atomic E-state index is 13.9. The third-order valence-corrected chi connectivity index (χ3v) is 5.10. The molecule has 0 atom stereocenters. The maximum Gasteiger partial charge on any atom is 0.272 e. The molecule has 1 aliphatic rings. The van der Waals surface area contributed by atoms with E-state index < -0.39 is 0 Å². The molecule has 0 fully saturated rings. The molecule has 1 aliphatic heterocycles. The molecule has 148 valence electrons. The monoisotopic (exact) mass is 392 g/mol. The molecule has 0 spiro atoms. The van der Waals surface area contributed by atoms with Gasteiger partial charge in [-0.15, -0.1) is 0 Å². The largest absolute Gasteiger partial charge is 0.347 e. The molecule has 2 amide bonds. The third-order valence-electron chi connectivity index (χ3n) is 5.10. The van der Waals surface area contributed by atoms with Crippen molar-refractivity contribution in [1.82, 2.24) is 20.4 Å². The summed E-state index contributed by atoms with van der Waals surface area (Å²) in [6.45, 7) is 1.19. The van der Waals surface area contributed by atoms with Crippen molar-refractivity contribution < 1.29 is 14.0 Å². The number of aromatic amines is 1. The van der Waals surface area contributed by atoms with Crippen molar-refractivity contribution in [2.24, 2.45) is 0 Å². The maximum absolute atomic E-state index is 13.9. The molecule has 0 bridgehead atoms. The van der Waals surface area contributed by atoms with Crippen LogP contribution < -0.4 is 5.32 Å². The summed E-state index contributed by atoms with van der Waals surface area (Å²) in [5, 5.41) is 9.95. The number of fused-ring (bicyclic) bond motifs is 1. The summed E-state index contributed by atoms with van der Waals surface area (Å²) < 4.78 is 13.9. The van der Waals surface area contributed by atoms with Gasteiger partial charge in [-0.25, -0.2) is 4.39 Å². The van der Waals surface area contributed by atoms with Gasteiger partial charge in [0.25, 0.3) is 5.91 Å². The molecule has 1 aromatic heterocycles. The second-order valence-corrected chi connectivity index (χ2v) is 7.03. The predicted octanol–water partition coefficient (Wildman–Crippen LogP) is 2.61. The number of nitrogens with zero attached hydrogens (tertiary/aromatic N) is 2. The number of H-pyrrole nitrogens is 1. The lowest BCUT2D eigenvalue weighted by atomic mass is 10.0. The second kappa shape index (κ2) is 8.26. The first-order valence-electron chi connectivity index (χ1n) is 9.51. The number of rotatable bonds is 5. The number of carbonyl (C=O) groups is 2. The first kappa shape index (κ1) is 18.9. The van der Waals surface area contributed by atoms with Gasteiger partial charge in [0.1, 0.15) is 5.82 Å². The number of hydrogen-bond donors (Lipinski definition) is 2. The molecular formula is C22H21FN4O2. The number of halogens is 1. The van der Waals surface area contributed by atoms with Crippen molar-refractivity contribution in [2.75, 3.05) is 6.54 Å². The van der Waals surface area contributed by atoms with Gasteiger partial charge in [-0.05, 0) is 17.2 Å². The molecule has 7 heteroatoms. The number of carbonyl (C=O) groups excluding carboxylic acids is 2. The number of hydrogen-bond acceptors (Lipinski definition) is 3. The van der Waals surface area contributed by atoms with Crippen LogP contribution in [0.15, 0.2) is 54.6 Å². The average Bonchev–Trinajstić information content (AvgIpc) is 3.18. The van der Waals surface area contributed by atoms with Gasteiger partial charge in [-0.2, -0.15) is 5.10 Å². The summed E-state index contributed by atoms with van der Waals surface area (Å²) >= 11 is 0. The van der Waals surface area contributed by atoms with Gasteiger partial charge < -0.3 is 10.2 Å². The highest BCUT2D eigenvalue weighted by Crippen LogP contribution is 2.21. The summed E-state index contributed by atoms with van der Waals surface area (Å²) in [4.78, 5) is 26.9. The topological polar surface area (TPSA) is 78.1 Å². The Hall–Kier alpha value is -3.48. The van der Waals surface area contributed by atoms with E-state index in [-0.39, 0.29) is 30.6 Å². The quantitative estimate of drug-likeness (QED) is 0.701. The molecule has 0 saturated carbocycles. The Morgan fingerprint density at radius 2 is 1.86 bits per heavy atom. The molecule has 0 saturated heterocycles. The highest BCUT2D eigenvalue weighted by atomic mass is 19.1. The van der Waals surface area contributed by atoms with E-state index >= 15 is 0 Å². The fourth-order valence-electron chi connectivity index (χ4n) is 3.47. The molecule has 6 nitrogen and oxygen atoms in total. The van der Waals surface area contributed by atoms with Crippen LogP contribution in [-0.4, -0.2) is 33.5 Å². The highest BCUT2D eigenvalue weighted by molar-refractivity contribution is 5.94. The molecule has 0 aliphatic carbocycles. The van der Waals surface area contributed by atoms with E-state index in [1.807, 2.05) is 30.3 Å². The highest BCUT2D eigenvalue weighted by Gasteiger charge is 2.28. The molecule has 0 radical (unpaired) electrons. The van der Waals surface area contributed by atoms with Crippen molar-refractivity contribution in [3.05, 3.63) is 88.5 Å². The van der Waals surface area contributed by atoms with Crippen LogP contribution in [-0.2, 0) is 30.7 Å². The van der Waals surface area contributed by atoms with Gasteiger partial charge in [0.05, 0.1) is 6.42 Å². The van der Waals surface area contributed by atoms with Crippen molar-refractivity contribution in [2.45, 2.75) is 25.9 Å². The number of nitrogens with one attached hydrogen (secondary N) is 2. The van der Waals surface area contributed by atoms with Crippen LogP contribution >= 0.6 is 0 Å². The Bertz CT molecular complexity index is 1030. The Kier molecular flexibility index (Phi) is 5.37. The minimum absolute atomic E-state index is 0.00457. The van der Waals surface area contributed by atoms with E-state index in [1.165, 1.54) is 6.07 Å². The molecule has 29 heavy (non-hydrogen) atoms. The van der Waals surface area contributed by atoms with Crippen molar-refractivity contribution in [1.29, 1.82) is 0 Å². The Morgan fingerprint density at radius 3 is 2.66 bits per heavy atom. The van der Waals surface area contributed by atoms with Crippen LogP contribution in [0.3, 0.4) is 0 Å². The number of benzene rings is 2. The van der Waals surface area contributed by atoms with Crippen LogP contribution in [0.5, 0.6) is 0 Å². The van der Waals surface area contributed by atoms with Crippen LogP contribution in [0.4, 0.5) is 4.39 Å². The van der Waals surface area contributed by atoms with E-state index in [9.17, 15) is 14.0 Å². The standard InChI is InChI=1S/C22H21FN4O2/c23-18-9-5-4-8-16(18)12-20(28)27-11-10-19-17(14-27)21(26-25-19)22(29)24-13-15-6-2-1-3-7-15/h1-9H,10-14H2,(H,24,29)(H,25,26). The SMILES string of the molecule is O=C(NCc1ccccc1)c1n[nH]c2c1CN(C(=O)Cc1ccccc1F)CC2. The molecule has 2 aromatic carbocycles. The summed E-state index contributed by atoms with van der Waals surface area (Å²) in [6.07, 6.45) is 0.576. The summed E-state index contributed by atoms with van der Waals surface area (Å²) in [5.74, 6) is -0.838. The second-order valence-electron chi connectivity index (χ2n) is 7.03. The minimum Gasteiger partial charge on any atom is -0.347 e. The smallest absolute Gasteiger partial charge is 0.272 e. The Labute approximate surface area is 167 Å². The van der Waals surface area contributed by atoms with Gasteiger partial charge in [-0.1, -0.05) is 48.5 Å². The lowest BCUT2D eigenvalue weighted by Gasteiger charge is -2.27. The van der Waals surface area contributed by atoms with Crippen LogP contribution in [0.2, 0.25) is 0 Å². The fourth-order valence-corrected chi connectivity index (χ4v) is 3.47. The van der Waals surface area contributed by atoms with E-state index in [0.29, 0.717) is 30.8 Å². The number of amides is 2. The molecule has 3 aromatic rings. The summed E-state index contributed by atoms with van der Waals surface area (Å²) in [7, 11) is 0. The van der Waals surface area contributed by atoms with E-state index in [2.05, 4.69) is 15.5 Å². The molecule has 2 N–H and O–H groups in total. The zero-order valence-electron chi connectivity index (χ0n) is 15.8. The summed E-state index contributed by atoms with van der Waals surface area (Å²) in [6, 6.07) is 15.9. The van der Waals surface area contributed by atoms with Gasteiger partial charge >= 0.3 is 0 Å².